The Morgan fingerprint density at radius 3 is 2.64 bits per heavy atom. The quantitative estimate of drug-likeness (QED) is 0.501. The number of nitrogens with one attached hydrogen (secondary N) is 1. The Morgan fingerprint density at radius 1 is 1.21 bits per heavy atom. The maximum Gasteiger partial charge on any atom is 0.230 e. The van der Waals surface area contributed by atoms with Gasteiger partial charge in [0.05, 0.1) is 18.2 Å². The average molecular weight is 398 g/mol. The Hall–Kier alpha value is -2.70. The Bertz CT molecular complexity index is 962. The largest absolute Gasteiger partial charge is 0.388 e. The summed E-state index contributed by atoms with van der Waals surface area (Å²) in [5.74, 6) is -0.182. The molecule has 0 aliphatic carbocycles. The molecule has 0 fully saturated rings. The molecule has 5 nitrogen and oxygen atoms in total. The molecule has 0 spiro atoms. The van der Waals surface area contributed by atoms with E-state index in [1.165, 1.54) is 11.3 Å². The van der Waals surface area contributed by atoms with Crippen LogP contribution in [0.5, 0.6) is 0 Å². The van der Waals surface area contributed by atoms with Crippen molar-refractivity contribution in [3.63, 3.8) is 0 Å². The normalized spacial score (nSPS) is 13.5. The molecule has 0 saturated carbocycles. The Morgan fingerprint density at radius 2 is 1.96 bits per heavy atom. The number of nitrogen functional groups attached to an aromatic ring is 1. The number of aliphatic hydroxyl groups excluding tert-OH is 1. The number of nitrogens with zero attached hydrogens (tertiary/aromatic N) is 1. The first-order valence-electron chi connectivity index (χ1n) is 10.1. The van der Waals surface area contributed by atoms with Gasteiger partial charge in [-0.1, -0.05) is 48.9 Å². The SMILES string of the molecule is [2H]C([2H])(CC[C@H](O)c1ccccc1)Cc1ccc(NC(=O)Cc2csc(N)n2)cc1. The van der Waals surface area contributed by atoms with E-state index in [2.05, 4.69) is 10.3 Å². The van der Waals surface area contributed by atoms with Gasteiger partial charge in [0.2, 0.25) is 5.91 Å². The topological polar surface area (TPSA) is 88.2 Å². The van der Waals surface area contributed by atoms with Crippen molar-refractivity contribution in [3.8, 4) is 0 Å². The lowest BCUT2D eigenvalue weighted by Gasteiger charge is -2.10. The van der Waals surface area contributed by atoms with E-state index in [0.29, 0.717) is 22.9 Å². The molecule has 1 amide bonds. The number of carbonyl (C=O) groups excluding carboxylic acids is 1. The molecule has 3 aromatic rings. The average Bonchev–Trinajstić information content (AvgIpc) is 3.12. The lowest BCUT2D eigenvalue weighted by atomic mass is 10.0. The number of benzene rings is 2. The van der Waals surface area contributed by atoms with Crippen LogP contribution in [0.15, 0.2) is 60.0 Å². The summed E-state index contributed by atoms with van der Waals surface area (Å²) in [7, 11) is 0. The zero-order valence-electron chi connectivity index (χ0n) is 17.5. The van der Waals surface area contributed by atoms with E-state index in [4.69, 9.17) is 8.48 Å². The van der Waals surface area contributed by atoms with Gasteiger partial charge < -0.3 is 16.2 Å². The molecule has 1 aromatic heterocycles. The van der Waals surface area contributed by atoms with E-state index in [1.807, 2.05) is 42.5 Å². The van der Waals surface area contributed by atoms with Gasteiger partial charge in [-0.05, 0) is 42.5 Å². The number of aryl methyl sites for hydroxylation is 1. The molecule has 0 unspecified atom stereocenters. The highest BCUT2D eigenvalue weighted by atomic mass is 32.1. The second-order valence-electron chi connectivity index (χ2n) is 6.49. The second-order valence-corrected chi connectivity index (χ2v) is 7.38. The molecule has 4 N–H and O–H groups in total. The van der Waals surface area contributed by atoms with Crippen molar-refractivity contribution >= 4 is 28.1 Å². The van der Waals surface area contributed by atoms with Crippen LogP contribution in [0.1, 0.15) is 44.9 Å². The standard InChI is InChI=1S/C22H25N3O2S/c23-22-25-19(15-28-22)14-21(27)24-18-12-10-16(11-13-18)6-4-5-9-20(26)17-7-2-1-3-8-17/h1-3,7-8,10-13,15,20,26H,4-6,9,14H2,(H2,23,25)(H,24,27)/t20-/m0/s1/i4D2. The highest BCUT2D eigenvalue weighted by Crippen LogP contribution is 2.20. The minimum atomic E-state index is -1.44. The summed E-state index contributed by atoms with van der Waals surface area (Å²) in [6.45, 7) is 0. The predicted octanol–water partition coefficient (Wildman–Crippen LogP) is 4.35. The molecule has 146 valence electrons. The molecule has 0 aliphatic rings. The van der Waals surface area contributed by atoms with Gasteiger partial charge in [0.25, 0.3) is 0 Å². The molecule has 1 atom stereocenters. The lowest BCUT2D eigenvalue weighted by molar-refractivity contribution is -0.115. The molecule has 0 saturated heterocycles. The summed E-state index contributed by atoms with van der Waals surface area (Å²) in [6.07, 6.45) is -1.12. The number of carbonyl (C=O) groups is 1. The van der Waals surface area contributed by atoms with Crippen LogP contribution in [-0.4, -0.2) is 16.0 Å². The molecule has 1 heterocycles. The molecule has 0 aliphatic heterocycles. The van der Waals surface area contributed by atoms with Gasteiger partial charge in [0, 0.05) is 13.8 Å². The Labute approximate surface area is 172 Å². The molecule has 3 rings (SSSR count). The number of hydrogen-bond donors (Lipinski definition) is 3. The van der Waals surface area contributed by atoms with Crippen molar-refractivity contribution in [2.75, 3.05) is 11.1 Å². The molecule has 6 heteroatoms. The van der Waals surface area contributed by atoms with E-state index in [0.717, 1.165) is 11.1 Å². The fourth-order valence-electron chi connectivity index (χ4n) is 2.79. The summed E-state index contributed by atoms with van der Waals surface area (Å²) in [4.78, 5) is 16.2. The third-order valence-corrected chi connectivity index (χ3v) is 4.98. The number of amides is 1. The third kappa shape index (κ3) is 6.18. The third-order valence-electron chi connectivity index (χ3n) is 4.26. The molecule has 0 bridgehead atoms. The Balaban J connectivity index is 1.49. The molecule has 28 heavy (non-hydrogen) atoms. The van der Waals surface area contributed by atoms with E-state index < -0.39 is 12.5 Å². The number of rotatable bonds is 9. The molecular weight excluding hydrogens is 370 g/mol. The zero-order chi connectivity index (χ0) is 21.6. The number of nitrogens with two attached hydrogens (primary N) is 1. The monoisotopic (exact) mass is 397 g/mol. The maximum atomic E-state index is 12.1. The van der Waals surface area contributed by atoms with Crippen LogP contribution in [0.25, 0.3) is 0 Å². The summed E-state index contributed by atoms with van der Waals surface area (Å²) >= 11 is 1.30. The first-order chi connectivity index (χ1) is 14.3. The van der Waals surface area contributed by atoms with Crippen molar-refractivity contribution in [3.05, 3.63) is 76.8 Å². The number of aromatic nitrogens is 1. The van der Waals surface area contributed by atoms with Crippen LogP contribution in [0.2, 0.25) is 0 Å². The van der Waals surface area contributed by atoms with Gasteiger partial charge in [-0.2, -0.15) is 0 Å². The highest BCUT2D eigenvalue weighted by Gasteiger charge is 2.08. The van der Waals surface area contributed by atoms with E-state index in [1.54, 1.807) is 17.5 Å². The van der Waals surface area contributed by atoms with Gasteiger partial charge in [-0.25, -0.2) is 4.98 Å². The number of hydrogen-bond acceptors (Lipinski definition) is 5. The van der Waals surface area contributed by atoms with Crippen LogP contribution in [0.3, 0.4) is 0 Å². The Kier molecular flexibility index (Phi) is 6.22. The van der Waals surface area contributed by atoms with Crippen LogP contribution in [-0.2, 0) is 17.6 Å². The van der Waals surface area contributed by atoms with Gasteiger partial charge in [-0.3, -0.25) is 4.79 Å². The maximum absolute atomic E-state index is 12.1. The first-order valence-corrected chi connectivity index (χ1v) is 10.0. The van der Waals surface area contributed by atoms with Crippen LogP contribution in [0.4, 0.5) is 10.8 Å². The van der Waals surface area contributed by atoms with Crippen LogP contribution in [0, 0.1) is 0 Å². The van der Waals surface area contributed by atoms with E-state index in [9.17, 15) is 9.90 Å². The number of anilines is 2. The minimum Gasteiger partial charge on any atom is -0.388 e. The predicted molar refractivity (Wildman–Crippen MR) is 114 cm³/mol. The van der Waals surface area contributed by atoms with Gasteiger partial charge in [0.1, 0.15) is 0 Å². The van der Waals surface area contributed by atoms with Crippen molar-refractivity contribution in [2.45, 2.75) is 38.2 Å². The molecule has 2 aromatic carbocycles. The van der Waals surface area contributed by atoms with E-state index in [-0.39, 0.29) is 25.2 Å². The van der Waals surface area contributed by atoms with Gasteiger partial charge in [-0.15, -0.1) is 11.3 Å². The smallest absolute Gasteiger partial charge is 0.230 e. The molecule has 0 radical (unpaired) electrons. The number of aliphatic hydroxyl groups is 1. The summed E-state index contributed by atoms with van der Waals surface area (Å²) < 4.78 is 16.6. The van der Waals surface area contributed by atoms with Crippen molar-refractivity contribution in [2.24, 2.45) is 0 Å². The summed E-state index contributed by atoms with van der Waals surface area (Å²) in [6, 6.07) is 16.4. The minimum absolute atomic E-state index is 0.155. The van der Waals surface area contributed by atoms with Gasteiger partial charge >= 0.3 is 0 Å². The van der Waals surface area contributed by atoms with Gasteiger partial charge in [0.15, 0.2) is 5.13 Å². The molecular formula is C22H25N3O2S. The summed E-state index contributed by atoms with van der Waals surface area (Å²) in [5.41, 5.74) is 8.49. The number of thiazole rings is 1. The zero-order valence-corrected chi connectivity index (χ0v) is 16.3. The van der Waals surface area contributed by atoms with E-state index >= 15 is 0 Å². The first kappa shape index (κ1) is 17.4. The summed E-state index contributed by atoms with van der Waals surface area (Å²) in [5, 5.41) is 15.3. The fourth-order valence-corrected chi connectivity index (χ4v) is 3.36. The van der Waals surface area contributed by atoms with Crippen molar-refractivity contribution < 1.29 is 12.6 Å². The van der Waals surface area contributed by atoms with Crippen LogP contribution < -0.4 is 11.1 Å². The van der Waals surface area contributed by atoms with Crippen molar-refractivity contribution in [1.29, 1.82) is 0 Å². The van der Waals surface area contributed by atoms with Crippen LogP contribution >= 0.6 is 11.3 Å². The van der Waals surface area contributed by atoms with Crippen molar-refractivity contribution in [1.82, 2.24) is 4.98 Å². The second kappa shape index (κ2) is 10.0. The fraction of sp³-hybridized carbons (Fsp3) is 0.273. The lowest BCUT2D eigenvalue weighted by Crippen LogP contribution is -2.14. The highest BCUT2D eigenvalue weighted by molar-refractivity contribution is 7.13.